The highest BCUT2D eigenvalue weighted by molar-refractivity contribution is 7.09. The van der Waals surface area contributed by atoms with Crippen molar-refractivity contribution in [3.05, 3.63) is 16.1 Å². The molecule has 1 atom stereocenters. The second-order valence-electron chi connectivity index (χ2n) is 3.24. The molecule has 0 aromatic carbocycles. The predicted octanol–water partition coefficient (Wildman–Crippen LogP) is 0.724. The number of urea groups is 1. The van der Waals surface area contributed by atoms with Crippen LogP contribution in [0.1, 0.15) is 17.6 Å². The summed E-state index contributed by atoms with van der Waals surface area (Å²) in [6.45, 7) is 3.57. The largest absolute Gasteiger partial charge is 0.480 e. The van der Waals surface area contributed by atoms with Gasteiger partial charge in [0.1, 0.15) is 6.04 Å². The van der Waals surface area contributed by atoms with E-state index in [9.17, 15) is 9.59 Å². The number of aryl methyl sites for hydroxylation is 1. The summed E-state index contributed by atoms with van der Waals surface area (Å²) in [5, 5.41) is 16.1. The first-order chi connectivity index (χ1) is 7.49. The van der Waals surface area contributed by atoms with Gasteiger partial charge < -0.3 is 15.7 Å². The van der Waals surface area contributed by atoms with Gasteiger partial charge >= 0.3 is 12.0 Å². The Morgan fingerprint density at radius 3 is 2.81 bits per heavy atom. The van der Waals surface area contributed by atoms with Gasteiger partial charge in [-0.1, -0.05) is 0 Å². The van der Waals surface area contributed by atoms with Crippen molar-refractivity contribution in [3.63, 3.8) is 0 Å². The normalized spacial score (nSPS) is 11.9. The molecule has 1 aromatic heterocycles. The van der Waals surface area contributed by atoms with E-state index < -0.39 is 18.0 Å². The third-order valence-electron chi connectivity index (χ3n) is 1.81. The number of carboxylic acids is 1. The molecule has 1 heterocycles. The van der Waals surface area contributed by atoms with Gasteiger partial charge in [-0.05, 0) is 13.8 Å². The standard InChI is InChI=1S/C9H13N3O3S/c1-5(8(13)14)11-9(15)10-3-7-4-16-6(2)12-7/h4-5H,3H2,1-2H3,(H,13,14)(H2,10,11,15). The van der Waals surface area contributed by atoms with Gasteiger partial charge in [0.25, 0.3) is 0 Å². The zero-order chi connectivity index (χ0) is 12.1. The topological polar surface area (TPSA) is 91.3 Å². The molecule has 0 saturated heterocycles. The molecule has 3 N–H and O–H groups in total. The summed E-state index contributed by atoms with van der Waals surface area (Å²) in [5.41, 5.74) is 0.764. The molecule has 0 radical (unpaired) electrons. The van der Waals surface area contributed by atoms with Crippen LogP contribution in [0, 0.1) is 6.92 Å². The quantitative estimate of drug-likeness (QED) is 0.726. The Labute approximate surface area is 96.7 Å². The van der Waals surface area contributed by atoms with Crippen LogP contribution in [0.3, 0.4) is 0 Å². The molecule has 0 fully saturated rings. The Morgan fingerprint density at radius 1 is 1.62 bits per heavy atom. The zero-order valence-corrected chi connectivity index (χ0v) is 9.80. The minimum absolute atomic E-state index is 0.294. The molecule has 88 valence electrons. The van der Waals surface area contributed by atoms with Gasteiger partial charge in [0.15, 0.2) is 0 Å². The highest BCUT2D eigenvalue weighted by Crippen LogP contribution is 2.06. The molecule has 1 unspecified atom stereocenters. The Kier molecular flexibility index (Phi) is 4.24. The van der Waals surface area contributed by atoms with E-state index in [1.807, 2.05) is 12.3 Å². The van der Waals surface area contributed by atoms with Gasteiger partial charge in [-0.25, -0.2) is 9.78 Å². The third kappa shape index (κ3) is 3.85. The fourth-order valence-corrected chi connectivity index (χ4v) is 1.58. The van der Waals surface area contributed by atoms with Crippen molar-refractivity contribution in [1.29, 1.82) is 0 Å². The van der Waals surface area contributed by atoms with Crippen LogP contribution in [0.2, 0.25) is 0 Å². The van der Waals surface area contributed by atoms with Crippen LogP contribution in [0.5, 0.6) is 0 Å². The first-order valence-corrected chi connectivity index (χ1v) is 5.55. The minimum atomic E-state index is -1.07. The van der Waals surface area contributed by atoms with Gasteiger partial charge in [0.05, 0.1) is 17.2 Å². The zero-order valence-electron chi connectivity index (χ0n) is 8.98. The Hall–Kier alpha value is -1.63. The highest BCUT2D eigenvalue weighted by Gasteiger charge is 2.13. The van der Waals surface area contributed by atoms with E-state index in [1.54, 1.807) is 0 Å². The molecule has 0 bridgehead atoms. The lowest BCUT2D eigenvalue weighted by molar-refractivity contribution is -0.138. The summed E-state index contributed by atoms with van der Waals surface area (Å²) < 4.78 is 0. The number of carbonyl (C=O) groups is 2. The molecule has 6 nitrogen and oxygen atoms in total. The number of amides is 2. The summed E-state index contributed by atoms with van der Waals surface area (Å²) in [6, 6.07) is -1.42. The maximum absolute atomic E-state index is 11.2. The number of carboxylic acid groups (broad SMARTS) is 1. The molecule has 7 heteroatoms. The Bertz CT molecular complexity index is 391. The number of nitrogens with one attached hydrogen (secondary N) is 2. The summed E-state index contributed by atoms with van der Waals surface area (Å²) in [7, 11) is 0. The molecule has 1 aromatic rings. The Balaban J connectivity index is 2.33. The van der Waals surface area contributed by atoms with E-state index >= 15 is 0 Å². The van der Waals surface area contributed by atoms with E-state index in [1.165, 1.54) is 18.3 Å². The molecular weight excluding hydrogens is 230 g/mol. The average Bonchev–Trinajstić information content (AvgIpc) is 2.61. The molecule has 0 aliphatic rings. The van der Waals surface area contributed by atoms with Crippen molar-refractivity contribution < 1.29 is 14.7 Å². The molecule has 1 rings (SSSR count). The van der Waals surface area contributed by atoms with Gasteiger partial charge in [-0.15, -0.1) is 11.3 Å². The predicted molar refractivity (Wildman–Crippen MR) is 59.3 cm³/mol. The Morgan fingerprint density at radius 2 is 2.31 bits per heavy atom. The van der Waals surface area contributed by atoms with Crippen LogP contribution in [-0.4, -0.2) is 28.1 Å². The molecule has 0 spiro atoms. The lowest BCUT2D eigenvalue weighted by Crippen LogP contribution is -2.44. The number of carbonyl (C=O) groups excluding carboxylic acids is 1. The van der Waals surface area contributed by atoms with Crippen molar-refractivity contribution in [2.24, 2.45) is 0 Å². The fraction of sp³-hybridized carbons (Fsp3) is 0.444. The molecule has 0 saturated carbocycles. The van der Waals surface area contributed by atoms with E-state index in [2.05, 4.69) is 15.6 Å². The number of rotatable bonds is 4. The number of thiazole rings is 1. The van der Waals surface area contributed by atoms with Crippen LogP contribution in [0.25, 0.3) is 0 Å². The number of nitrogens with zero attached hydrogens (tertiary/aromatic N) is 1. The molecule has 0 aliphatic heterocycles. The summed E-state index contributed by atoms with van der Waals surface area (Å²) in [5.74, 6) is -1.07. The molecular formula is C9H13N3O3S. The minimum Gasteiger partial charge on any atom is -0.480 e. The maximum Gasteiger partial charge on any atom is 0.325 e. The maximum atomic E-state index is 11.2. The van der Waals surface area contributed by atoms with Crippen LogP contribution in [0.4, 0.5) is 4.79 Å². The van der Waals surface area contributed by atoms with Crippen LogP contribution < -0.4 is 10.6 Å². The fourth-order valence-electron chi connectivity index (χ4n) is 0.970. The van der Waals surface area contributed by atoms with Crippen molar-refractivity contribution >= 4 is 23.3 Å². The van der Waals surface area contributed by atoms with Crippen molar-refractivity contribution in [2.45, 2.75) is 26.4 Å². The van der Waals surface area contributed by atoms with Gasteiger partial charge in [-0.2, -0.15) is 0 Å². The highest BCUT2D eigenvalue weighted by atomic mass is 32.1. The van der Waals surface area contributed by atoms with Gasteiger partial charge in [0, 0.05) is 5.38 Å². The van der Waals surface area contributed by atoms with Crippen LogP contribution >= 0.6 is 11.3 Å². The van der Waals surface area contributed by atoms with E-state index in [4.69, 9.17) is 5.11 Å². The lowest BCUT2D eigenvalue weighted by Gasteiger charge is -2.09. The smallest absolute Gasteiger partial charge is 0.325 e. The second kappa shape index (κ2) is 5.45. The second-order valence-corrected chi connectivity index (χ2v) is 4.31. The SMILES string of the molecule is Cc1nc(CNC(=O)NC(C)C(=O)O)cs1. The molecule has 16 heavy (non-hydrogen) atoms. The summed E-state index contributed by atoms with van der Waals surface area (Å²) in [4.78, 5) is 25.8. The lowest BCUT2D eigenvalue weighted by atomic mass is 10.3. The van der Waals surface area contributed by atoms with E-state index in [0.717, 1.165) is 10.7 Å². The number of aliphatic carboxylic acids is 1. The monoisotopic (exact) mass is 243 g/mol. The number of hydrogen-bond donors (Lipinski definition) is 3. The average molecular weight is 243 g/mol. The van der Waals surface area contributed by atoms with Crippen molar-refractivity contribution in [2.75, 3.05) is 0 Å². The van der Waals surface area contributed by atoms with E-state index in [0.29, 0.717) is 6.54 Å². The number of aromatic nitrogens is 1. The van der Waals surface area contributed by atoms with Crippen molar-refractivity contribution in [3.8, 4) is 0 Å². The van der Waals surface area contributed by atoms with Gasteiger partial charge in [0.2, 0.25) is 0 Å². The first kappa shape index (κ1) is 12.4. The summed E-state index contributed by atoms with van der Waals surface area (Å²) in [6.07, 6.45) is 0. The first-order valence-electron chi connectivity index (χ1n) is 4.67. The third-order valence-corrected chi connectivity index (χ3v) is 2.64. The molecule has 2 amide bonds. The van der Waals surface area contributed by atoms with E-state index in [-0.39, 0.29) is 0 Å². The molecule has 0 aliphatic carbocycles. The van der Waals surface area contributed by atoms with Crippen LogP contribution in [-0.2, 0) is 11.3 Å². The van der Waals surface area contributed by atoms with Crippen molar-refractivity contribution in [1.82, 2.24) is 15.6 Å². The van der Waals surface area contributed by atoms with Crippen LogP contribution in [0.15, 0.2) is 5.38 Å². The number of hydrogen-bond acceptors (Lipinski definition) is 4. The summed E-state index contributed by atoms with van der Waals surface area (Å²) >= 11 is 1.50. The van der Waals surface area contributed by atoms with Gasteiger partial charge in [-0.3, -0.25) is 4.79 Å².